The molecular weight excluding hydrogens is 473 g/mol. The number of carbonyl (C=O) groups excluding carboxylic acids is 1. The molecule has 182 valence electrons. The van der Waals surface area contributed by atoms with Crippen LogP contribution in [0, 0.1) is 0 Å². The maximum Gasteiger partial charge on any atom is 0.573 e. The molecule has 0 fully saturated rings. The Balaban J connectivity index is 1.68. The number of alkyl halides is 3. The summed E-state index contributed by atoms with van der Waals surface area (Å²) in [5.74, 6) is -1.33. The number of para-hydroxylation sites is 1. The van der Waals surface area contributed by atoms with Crippen LogP contribution >= 0.6 is 0 Å². The standard InChI is InChI=1S/C23H23F3N2O5S/c1-14(2)32-22(29)19-13-28(12-11-18-17-5-3-4-6-20(17)27-21(18)19)34(30,31)16-9-7-15(8-10-16)33-23(24,25)26/h3-10,13-14,18,21,27H,11-12H2,1-2H3. The third-order valence-electron chi connectivity index (χ3n) is 5.59. The summed E-state index contributed by atoms with van der Waals surface area (Å²) in [5.41, 5.74) is 2.01. The second-order valence-corrected chi connectivity index (χ2v) is 10.2. The van der Waals surface area contributed by atoms with Crippen molar-refractivity contribution >= 4 is 21.7 Å². The zero-order chi connectivity index (χ0) is 24.7. The fraction of sp³-hybridized carbons (Fsp3) is 0.348. The lowest BCUT2D eigenvalue weighted by Gasteiger charge is -2.21. The van der Waals surface area contributed by atoms with E-state index in [-0.39, 0.29) is 22.9 Å². The Morgan fingerprint density at radius 3 is 2.44 bits per heavy atom. The number of esters is 1. The Labute approximate surface area is 195 Å². The number of nitrogens with zero attached hydrogens (tertiary/aromatic N) is 1. The summed E-state index contributed by atoms with van der Waals surface area (Å²) in [5, 5.41) is 3.31. The van der Waals surface area contributed by atoms with Gasteiger partial charge in [0, 0.05) is 24.4 Å². The smallest absolute Gasteiger partial charge is 0.460 e. The van der Waals surface area contributed by atoms with E-state index in [2.05, 4.69) is 10.1 Å². The van der Waals surface area contributed by atoms with Crippen molar-refractivity contribution in [3.63, 3.8) is 0 Å². The highest BCUT2D eigenvalue weighted by molar-refractivity contribution is 7.89. The summed E-state index contributed by atoms with van der Waals surface area (Å²) in [7, 11) is -4.16. The number of anilines is 1. The second-order valence-electron chi connectivity index (χ2n) is 8.28. The van der Waals surface area contributed by atoms with E-state index >= 15 is 0 Å². The van der Waals surface area contributed by atoms with Crippen LogP contribution in [0.15, 0.2) is 65.2 Å². The van der Waals surface area contributed by atoms with E-state index in [0.29, 0.717) is 6.42 Å². The van der Waals surface area contributed by atoms with Gasteiger partial charge in [-0.25, -0.2) is 13.2 Å². The number of hydrogen-bond donors (Lipinski definition) is 1. The molecule has 4 rings (SSSR count). The summed E-state index contributed by atoms with van der Waals surface area (Å²) in [4.78, 5) is 12.7. The molecule has 0 bridgehead atoms. The number of nitrogens with one attached hydrogen (secondary N) is 1. The van der Waals surface area contributed by atoms with Gasteiger partial charge in [0.1, 0.15) is 5.75 Å². The van der Waals surface area contributed by atoms with Gasteiger partial charge in [0.2, 0.25) is 0 Å². The minimum atomic E-state index is -4.89. The highest BCUT2D eigenvalue weighted by Gasteiger charge is 2.41. The van der Waals surface area contributed by atoms with Gasteiger partial charge in [-0.2, -0.15) is 0 Å². The van der Waals surface area contributed by atoms with Crippen LogP contribution in [0.2, 0.25) is 0 Å². The first-order chi connectivity index (χ1) is 16.0. The molecule has 2 aromatic carbocycles. The van der Waals surface area contributed by atoms with Gasteiger partial charge in [0.15, 0.2) is 0 Å². The number of ether oxygens (including phenoxy) is 2. The molecule has 2 aliphatic heterocycles. The van der Waals surface area contributed by atoms with Crippen LogP contribution in [-0.2, 0) is 19.6 Å². The van der Waals surface area contributed by atoms with Crippen LogP contribution in [0.1, 0.15) is 31.7 Å². The van der Waals surface area contributed by atoms with E-state index in [1.807, 2.05) is 24.3 Å². The molecule has 34 heavy (non-hydrogen) atoms. The van der Waals surface area contributed by atoms with Gasteiger partial charge >= 0.3 is 12.3 Å². The lowest BCUT2D eigenvalue weighted by Crippen LogP contribution is -2.30. The predicted molar refractivity (Wildman–Crippen MR) is 118 cm³/mol. The molecule has 7 nitrogen and oxygen atoms in total. The van der Waals surface area contributed by atoms with E-state index in [1.54, 1.807) is 13.8 Å². The van der Waals surface area contributed by atoms with E-state index in [0.717, 1.165) is 39.8 Å². The van der Waals surface area contributed by atoms with Crippen LogP contribution < -0.4 is 10.1 Å². The van der Waals surface area contributed by atoms with Crippen LogP contribution in [0.3, 0.4) is 0 Å². The molecule has 0 amide bonds. The van der Waals surface area contributed by atoms with Crippen LogP contribution in [-0.4, -0.2) is 43.7 Å². The average Bonchev–Trinajstić information content (AvgIpc) is 2.99. The second kappa shape index (κ2) is 8.86. The summed E-state index contributed by atoms with van der Waals surface area (Å²) >= 11 is 0. The minimum Gasteiger partial charge on any atom is -0.460 e. The van der Waals surface area contributed by atoms with Gasteiger partial charge in [-0.05, 0) is 56.2 Å². The van der Waals surface area contributed by atoms with Gasteiger partial charge in [0.05, 0.1) is 22.6 Å². The molecule has 11 heteroatoms. The molecule has 0 spiro atoms. The number of halogens is 3. The van der Waals surface area contributed by atoms with Crippen molar-refractivity contribution in [1.82, 2.24) is 4.31 Å². The maximum atomic E-state index is 13.3. The summed E-state index contributed by atoms with van der Waals surface area (Å²) in [6, 6.07) is 11.0. The molecule has 2 heterocycles. The summed E-state index contributed by atoms with van der Waals surface area (Å²) in [6.45, 7) is 3.46. The molecule has 1 N–H and O–H groups in total. The highest BCUT2D eigenvalue weighted by Crippen LogP contribution is 2.43. The molecule has 0 aliphatic carbocycles. The zero-order valence-corrected chi connectivity index (χ0v) is 19.2. The van der Waals surface area contributed by atoms with Gasteiger partial charge in [-0.1, -0.05) is 18.2 Å². The lowest BCUT2D eigenvalue weighted by molar-refractivity contribution is -0.274. The summed E-state index contributed by atoms with van der Waals surface area (Å²) in [6.07, 6.45) is -3.62. The fourth-order valence-electron chi connectivity index (χ4n) is 4.18. The molecule has 0 radical (unpaired) electrons. The molecule has 0 saturated carbocycles. The zero-order valence-electron chi connectivity index (χ0n) is 18.4. The van der Waals surface area contributed by atoms with E-state index in [4.69, 9.17) is 4.74 Å². The molecule has 2 unspecified atom stereocenters. The number of benzene rings is 2. The third kappa shape index (κ3) is 4.84. The van der Waals surface area contributed by atoms with E-state index < -0.39 is 40.3 Å². The molecular formula is C23H23F3N2O5S. The Morgan fingerprint density at radius 1 is 1.12 bits per heavy atom. The van der Waals surface area contributed by atoms with E-state index in [1.165, 1.54) is 6.20 Å². The van der Waals surface area contributed by atoms with Crippen molar-refractivity contribution in [2.24, 2.45) is 0 Å². The third-order valence-corrected chi connectivity index (χ3v) is 7.37. The fourth-order valence-corrected chi connectivity index (χ4v) is 5.53. The topological polar surface area (TPSA) is 84.9 Å². The van der Waals surface area contributed by atoms with Crippen molar-refractivity contribution in [3.05, 3.63) is 65.9 Å². The van der Waals surface area contributed by atoms with Crippen molar-refractivity contribution in [2.45, 2.75) is 49.6 Å². The monoisotopic (exact) mass is 496 g/mol. The normalized spacial score (nSPS) is 20.1. The number of carbonyl (C=O) groups is 1. The Kier molecular flexibility index (Phi) is 6.24. The van der Waals surface area contributed by atoms with Crippen LogP contribution in [0.4, 0.5) is 18.9 Å². The Hall–Kier alpha value is -3.21. The number of hydrogen-bond acceptors (Lipinski definition) is 6. The average molecular weight is 497 g/mol. The largest absolute Gasteiger partial charge is 0.573 e. The molecule has 0 saturated heterocycles. The van der Waals surface area contributed by atoms with Crippen molar-refractivity contribution in [2.75, 3.05) is 11.9 Å². The number of rotatable bonds is 5. The maximum absolute atomic E-state index is 13.3. The van der Waals surface area contributed by atoms with E-state index in [9.17, 15) is 26.4 Å². The van der Waals surface area contributed by atoms with Crippen LogP contribution in [0.25, 0.3) is 0 Å². The summed E-state index contributed by atoms with van der Waals surface area (Å²) < 4.78 is 74.2. The quantitative estimate of drug-likeness (QED) is 0.618. The molecule has 2 aliphatic rings. The van der Waals surface area contributed by atoms with Crippen molar-refractivity contribution < 1.29 is 35.9 Å². The van der Waals surface area contributed by atoms with Crippen molar-refractivity contribution in [3.8, 4) is 5.75 Å². The van der Waals surface area contributed by atoms with Gasteiger partial charge in [0.25, 0.3) is 10.0 Å². The van der Waals surface area contributed by atoms with Gasteiger partial charge in [-0.15, -0.1) is 13.2 Å². The lowest BCUT2D eigenvalue weighted by atomic mass is 9.89. The molecule has 0 aromatic heterocycles. The van der Waals surface area contributed by atoms with Crippen LogP contribution in [0.5, 0.6) is 5.75 Å². The van der Waals surface area contributed by atoms with Gasteiger partial charge in [-0.3, -0.25) is 4.31 Å². The Morgan fingerprint density at radius 2 is 1.79 bits per heavy atom. The van der Waals surface area contributed by atoms with Crippen molar-refractivity contribution in [1.29, 1.82) is 0 Å². The molecule has 2 atom stereocenters. The Bertz CT molecular complexity index is 1210. The number of sulfonamides is 1. The SMILES string of the molecule is CC(C)OC(=O)C1=CN(S(=O)(=O)c2ccc(OC(F)(F)F)cc2)CCC2c3ccccc3NC12. The first-order valence-corrected chi connectivity index (χ1v) is 12.1. The first-order valence-electron chi connectivity index (χ1n) is 10.6. The predicted octanol–water partition coefficient (Wildman–Crippen LogP) is 4.39. The molecule has 2 aromatic rings. The van der Waals surface area contributed by atoms with Gasteiger partial charge < -0.3 is 14.8 Å². The highest BCUT2D eigenvalue weighted by atomic mass is 32.2. The first kappa shape index (κ1) is 23.9. The number of fused-ring (bicyclic) bond motifs is 3. The minimum absolute atomic E-state index is 0.0682.